The Hall–Kier alpha value is -1.55. The second-order valence-corrected chi connectivity index (χ2v) is 6.81. The van der Waals surface area contributed by atoms with Crippen molar-refractivity contribution in [2.45, 2.75) is 50.5 Å². The Balaban J connectivity index is 1.50. The van der Waals surface area contributed by atoms with E-state index in [-0.39, 0.29) is 11.9 Å². The van der Waals surface area contributed by atoms with Gasteiger partial charge in [0.1, 0.15) is 5.75 Å². The minimum absolute atomic E-state index is 0.221. The molecule has 0 spiro atoms. The number of carbonyl (C=O) groups excluding carboxylic acids is 1. The van der Waals surface area contributed by atoms with Gasteiger partial charge in [-0.25, -0.2) is 0 Å². The zero-order valence-corrected chi connectivity index (χ0v) is 13.1. The molecule has 0 aromatic heterocycles. The Morgan fingerprint density at radius 2 is 1.82 bits per heavy atom. The Morgan fingerprint density at radius 1 is 1.14 bits per heavy atom. The number of likely N-dealkylation sites (tertiary alicyclic amines) is 1. The van der Waals surface area contributed by atoms with Gasteiger partial charge in [-0.1, -0.05) is 18.6 Å². The molecular formula is C18H26N2O2. The van der Waals surface area contributed by atoms with E-state index in [1.54, 1.807) is 12.1 Å². The van der Waals surface area contributed by atoms with Crippen LogP contribution in [0, 0.1) is 5.92 Å². The van der Waals surface area contributed by atoms with Crippen molar-refractivity contribution >= 4 is 5.91 Å². The van der Waals surface area contributed by atoms with Gasteiger partial charge in [-0.3, -0.25) is 4.79 Å². The van der Waals surface area contributed by atoms with Crippen molar-refractivity contribution in [2.75, 3.05) is 13.1 Å². The lowest BCUT2D eigenvalue weighted by atomic mass is 9.89. The molecular weight excluding hydrogens is 276 g/mol. The van der Waals surface area contributed by atoms with Crippen molar-refractivity contribution in [1.29, 1.82) is 0 Å². The normalized spacial score (nSPS) is 26.3. The number of hydrogen-bond acceptors (Lipinski definition) is 3. The van der Waals surface area contributed by atoms with Crippen LogP contribution in [0.1, 0.15) is 50.0 Å². The van der Waals surface area contributed by atoms with Gasteiger partial charge in [-0.05, 0) is 55.2 Å². The molecule has 2 aliphatic rings. The second kappa shape index (κ2) is 6.69. The first-order valence-corrected chi connectivity index (χ1v) is 8.46. The summed E-state index contributed by atoms with van der Waals surface area (Å²) in [6, 6.07) is 7.70. The standard InChI is InChI=1S/C18H26N2O2/c19-17-3-1-2-15(17)12-18(22)20-10-8-14(9-11-20)13-4-6-16(21)7-5-13/h4-7,14-15,17,21H,1-3,8-12,19H2/t15-,17+/m0/s1. The zero-order chi connectivity index (χ0) is 15.5. The summed E-state index contributed by atoms with van der Waals surface area (Å²) in [6.07, 6.45) is 5.99. The van der Waals surface area contributed by atoms with E-state index in [4.69, 9.17) is 5.73 Å². The molecule has 0 radical (unpaired) electrons. The molecule has 1 aromatic rings. The quantitative estimate of drug-likeness (QED) is 0.902. The van der Waals surface area contributed by atoms with Crippen molar-refractivity contribution in [3.8, 4) is 5.75 Å². The van der Waals surface area contributed by atoms with Crippen LogP contribution in [0.3, 0.4) is 0 Å². The number of benzene rings is 1. The summed E-state index contributed by atoms with van der Waals surface area (Å²) in [7, 11) is 0. The fourth-order valence-corrected chi connectivity index (χ4v) is 3.88. The van der Waals surface area contributed by atoms with Crippen LogP contribution in [-0.2, 0) is 4.79 Å². The first kappa shape index (κ1) is 15.3. The highest BCUT2D eigenvalue weighted by atomic mass is 16.3. The number of phenolic OH excluding ortho intramolecular Hbond substituents is 1. The van der Waals surface area contributed by atoms with E-state index >= 15 is 0 Å². The van der Waals surface area contributed by atoms with Gasteiger partial charge in [0, 0.05) is 25.6 Å². The summed E-state index contributed by atoms with van der Waals surface area (Å²) in [4.78, 5) is 14.4. The molecule has 0 bridgehead atoms. The first-order chi connectivity index (χ1) is 10.6. The maximum atomic E-state index is 12.4. The molecule has 1 heterocycles. The number of nitrogens with two attached hydrogens (primary N) is 1. The Kier molecular flexibility index (Phi) is 4.67. The van der Waals surface area contributed by atoms with Gasteiger partial charge < -0.3 is 15.7 Å². The summed E-state index contributed by atoms with van der Waals surface area (Å²) >= 11 is 0. The molecule has 4 heteroatoms. The van der Waals surface area contributed by atoms with E-state index < -0.39 is 0 Å². The van der Waals surface area contributed by atoms with Crippen LogP contribution in [-0.4, -0.2) is 35.0 Å². The number of aromatic hydroxyl groups is 1. The van der Waals surface area contributed by atoms with E-state index in [0.29, 0.717) is 24.0 Å². The molecule has 0 unspecified atom stereocenters. The minimum atomic E-state index is 0.221. The van der Waals surface area contributed by atoms with Gasteiger partial charge >= 0.3 is 0 Å². The largest absolute Gasteiger partial charge is 0.508 e. The fourth-order valence-electron chi connectivity index (χ4n) is 3.88. The van der Waals surface area contributed by atoms with E-state index in [0.717, 1.165) is 38.8 Å². The predicted molar refractivity (Wildman–Crippen MR) is 86.6 cm³/mol. The third kappa shape index (κ3) is 3.43. The molecule has 2 atom stereocenters. The molecule has 2 fully saturated rings. The van der Waals surface area contributed by atoms with Crippen molar-refractivity contribution in [1.82, 2.24) is 4.90 Å². The fraction of sp³-hybridized carbons (Fsp3) is 0.611. The van der Waals surface area contributed by atoms with E-state index in [1.807, 2.05) is 17.0 Å². The highest BCUT2D eigenvalue weighted by Gasteiger charge is 2.29. The highest BCUT2D eigenvalue weighted by molar-refractivity contribution is 5.76. The SMILES string of the molecule is N[C@@H]1CCC[C@H]1CC(=O)N1CCC(c2ccc(O)cc2)CC1. The van der Waals surface area contributed by atoms with Crippen LogP contribution in [0.15, 0.2) is 24.3 Å². The number of phenols is 1. The zero-order valence-electron chi connectivity index (χ0n) is 13.1. The van der Waals surface area contributed by atoms with Crippen LogP contribution < -0.4 is 5.73 Å². The average molecular weight is 302 g/mol. The van der Waals surface area contributed by atoms with Gasteiger partial charge in [0.15, 0.2) is 0 Å². The van der Waals surface area contributed by atoms with Crippen LogP contribution >= 0.6 is 0 Å². The maximum absolute atomic E-state index is 12.4. The molecule has 1 aliphatic heterocycles. The van der Waals surface area contributed by atoms with E-state index in [9.17, 15) is 9.90 Å². The lowest BCUT2D eigenvalue weighted by molar-refractivity contribution is -0.133. The Bertz CT molecular complexity index is 506. The highest BCUT2D eigenvalue weighted by Crippen LogP contribution is 2.31. The van der Waals surface area contributed by atoms with Crippen molar-refractivity contribution < 1.29 is 9.90 Å². The molecule has 1 saturated carbocycles. The van der Waals surface area contributed by atoms with Crippen LogP contribution in [0.4, 0.5) is 0 Å². The number of hydrogen-bond donors (Lipinski definition) is 2. The summed E-state index contributed by atoms with van der Waals surface area (Å²) < 4.78 is 0. The third-order valence-corrected chi connectivity index (χ3v) is 5.37. The number of rotatable bonds is 3. The van der Waals surface area contributed by atoms with Gasteiger partial charge in [-0.2, -0.15) is 0 Å². The predicted octanol–water partition coefficient (Wildman–Crippen LogP) is 2.62. The van der Waals surface area contributed by atoms with Crippen LogP contribution in [0.2, 0.25) is 0 Å². The van der Waals surface area contributed by atoms with Crippen molar-refractivity contribution in [3.63, 3.8) is 0 Å². The van der Waals surface area contributed by atoms with Gasteiger partial charge in [0.05, 0.1) is 0 Å². The molecule has 22 heavy (non-hydrogen) atoms. The molecule has 3 N–H and O–H groups in total. The smallest absolute Gasteiger partial charge is 0.222 e. The van der Waals surface area contributed by atoms with E-state index in [2.05, 4.69) is 0 Å². The first-order valence-electron chi connectivity index (χ1n) is 8.46. The molecule has 1 aromatic carbocycles. The Labute approximate surface area is 132 Å². The minimum Gasteiger partial charge on any atom is -0.508 e. The molecule has 120 valence electrons. The second-order valence-electron chi connectivity index (χ2n) is 6.81. The van der Waals surface area contributed by atoms with E-state index in [1.165, 1.54) is 12.0 Å². The van der Waals surface area contributed by atoms with Crippen LogP contribution in [0.5, 0.6) is 5.75 Å². The summed E-state index contributed by atoms with van der Waals surface area (Å²) in [5.41, 5.74) is 7.34. The van der Waals surface area contributed by atoms with Gasteiger partial charge in [0.25, 0.3) is 0 Å². The monoisotopic (exact) mass is 302 g/mol. The Morgan fingerprint density at radius 3 is 2.41 bits per heavy atom. The maximum Gasteiger partial charge on any atom is 0.222 e. The van der Waals surface area contributed by atoms with Crippen LogP contribution in [0.25, 0.3) is 0 Å². The summed E-state index contributed by atoms with van der Waals surface area (Å²) in [5, 5.41) is 9.36. The molecule has 4 nitrogen and oxygen atoms in total. The summed E-state index contributed by atoms with van der Waals surface area (Å²) in [6.45, 7) is 1.68. The lowest BCUT2D eigenvalue weighted by Crippen LogP contribution is -2.40. The molecule has 1 aliphatic carbocycles. The number of amides is 1. The number of piperidine rings is 1. The van der Waals surface area contributed by atoms with Gasteiger partial charge in [0.2, 0.25) is 5.91 Å². The van der Waals surface area contributed by atoms with Crippen molar-refractivity contribution in [2.24, 2.45) is 11.7 Å². The van der Waals surface area contributed by atoms with Gasteiger partial charge in [-0.15, -0.1) is 0 Å². The number of nitrogens with zero attached hydrogens (tertiary/aromatic N) is 1. The lowest BCUT2D eigenvalue weighted by Gasteiger charge is -2.33. The average Bonchev–Trinajstić information content (AvgIpc) is 2.93. The third-order valence-electron chi connectivity index (χ3n) is 5.37. The van der Waals surface area contributed by atoms with Crippen molar-refractivity contribution in [3.05, 3.63) is 29.8 Å². The molecule has 1 saturated heterocycles. The number of carbonyl (C=O) groups is 1. The molecule has 1 amide bonds. The topological polar surface area (TPSA) is 66.6 Å². The molecule has 3 rings (SSSR count). The summed E-state index contributed by atoms with van der Waals surface area (Å²) in [5.74, 6) is 1.48.